The quantitative estimate of drug-likeness (QED) is 0.337. The summed E-state index contributed by atoms with van der Waals surface area (Å²) in [5, 5.41) is 0. The van der Waals surface area contributed by atoms with Crippen molar-refractivity contribution in [2.24, 2.45) is 0 Å². The van der Waals surface area contributed by atoms with Crippen LogP contribution in [0.4, 0.5) is 26.3 Å². The van der Waals surface area contributed by atoms with Crippen molar-refractivity contribution in [3.63, 3.8) is 0 Å². The summed E-state index contributed by atoms with van der Waals surface area (Å²) in [4.78, 5) is 0. The number of rotatable bonds is 4. The second-order valence-electron chi connectivity index (χ2n) is 5.89. The third-order valence-corrected chi connectivity index (χ3v) is 3.92. The Bertz CT molecular complexity index is 995. The highest BCUT2D eigenvalue weighted by molar-refractivity contribution is 5.73. The van der Waals surface area contributed by atoms with E-state index in [0.29, 0.717) is 0 Å². The molecule has 0 saturated carbocycles. The molecule has 0 saturated heterocycles. The standard InChI is InChI=1S/C22H12F6/c23-17-5-7-19(25)13(9-17)1-3-15-11-22(28)16(12-21(15)27)4-2-14-10-18(24)6-8-20(14)26/h1-12H. The molecule has 28 heavy (non-hydrogen) atoms. The highest BCUT2D eigenvalue weighted by Crippen LogP contribution is 2.21. The fourth-order valence-electron chi connectivity index (χ4n) is 2.48. The molecule has 0 spiro atoms. The average Bonchev–Trinajstić information content (AvgIpc) is 2.66. The van der Waals surface area contributed by atoms with Crippen LogP contribution in [0.25, 0.3) is 24.3 Å². The molecule has 0 fully saturated rings. The molecule has 0 aliphatic carbocycles. The first kappa shape index (κ1) is 19.5. The van der Waals surface area contributed by atoms with Crippen molar-refractivity contribution in [2.45, 2.75) is 0 Å². The first-order valence-electron chi connectivity index (χ1n) is 8.09. The van der Waals surface area contributed by atoms with Crippen molar-refractivity contribution in [1.82, 2.24) is 0 Å². The van der Waals surface area contributed by atoms with Crippen LogP contribution >= 0.6 is 0 Å². The monoisotopic (exact) mass is 390 g/mol. The summed E-state index contributed by atoms with van der Waals surface area (Å²) < 4.78 is 81.9. The summed E-state index contributed by atoms with van der Waals surface area (Å²) in [7, 11) is 0. The summed E-state index contributed by atoms with van der Waals surface area (Å²) in [6.07, 6.45) is 4.45. The van der Waals surface area contributed by atoms with Crippen LogP contribution in [0.15, 0.2) is 48.5 Å². The van der Waals surface area contributed by atoms with E-state index in [9.17, 15) is 26.3 Å². The van der Waals surface area contributed by atoms with Gasteiger partial charge in [0.15, 0.2) is 0 Å². The van der Waals surface area contributed by atoms with Gasteiger partial charge in [0.05, 0.1) is 0 Å². The first-order chi connectivity index (χ1) is 13.3. The Morgan fingerprint density at radius 2 is 0.714 bits per heavy atom. The van der Waals surface area contributed by atoms with Gasteiger partial charge in [-0.2, -0.15) is 0 Å². The Morgan fingerprint density at radius 1 is 0.393 bits per heavy atom. The zero-order valence-electron chi connectivity index (χ0n) is 14.2. The second-order valence-corrected chi connectivity index (χ2v) is 5.89. The highest BCUT2D eigenvalue weighted by Gasteiger charge is 2.08. The van der Waals surface area contributed by atoms with Gasteiger partial charge in [0, 0.05) is 22.3 Å². The summed E-state index contributed by atoms with van der Waals surface area (Å²) in [5.41, 5.74) is -0.610. The summed E-state index contributed by atoms with van der Waals surface area (Å²) >= 11 is 0. The topological polar surface area (TPSA) is 0 Å². The Hall–Kier alpha value is -3.28. The van der Waals surface area contributed by atoms with Crippen molar-refractivity contribution in [3.8, 4) is 0 Å². The lowest BCUT2D eigenvalue weighted by atomic mass is 10.1. The smallest absolute Gasteiger partial charge is 0.131 e. The van der Waals surface area contributed by atoms with Crippen LogP contribution in [0.2, 0.25) is 0 Å². The van der Waals surface area contributed by atoms with Crippen LogP contribution in [0.3, 0.4) is 0 Å². The van der Waals surface area contributed by atoms with E-state index in [-0.39, 0.29) is 22.3 Å². The molecule has 0 amide bonds. The SMILES string of the molecule is Fc1ccc(F)c(C=Cc2cc(F)c(C=Cc3cc(F)ccc3F)cc2F)c1. The van der Waals surface area contributed by atoms with Crippen molar-refractivity contribution < 1.29 is 26.3 Å². The molecule has 0 bridgehead atoms. The predicted molar refractivity (Wildman–Crippen MR) is 96.9 cm³/mol. The first-order valence-corrected chi connectivity index (χ1v) is 8.09. The molecule has 0 atom stereocenters. The van der Waals surface area contributed by atoms with Crippen molar-refractivity contribution in [2.75, 3.05) is 0 Å². The Kier molecular flexibility index (Phi) is 5.68. The zero-order chi connectivity index (χ0) is 20.3. The van der Waals surface area contributed by atoms with Gasteiger partial charge in [-0.15, -0.1) is 0 Å². The van der Waals surface area contributed by atoms with E-state index in [1.807, 2.05) is 0 Å². The predicted octanol–water partition coefficient (Wildman–Crippen LogP) is 6.86. The van der Waals surface area contributed by atoms with E-state index >= 15 is 0 Å². The fraction of sp³-hybridized carbons (Fsp3) is 0. The zero-order valence-corrected chi connectivity index (χ0v) is 14.2. The summed E-state index contributed by atoms with van der Waals surface area (Å²) in [5.74, 6) is -4.41. The van der Waals surface area contributed by atoms with Crippen LogP contribution in [-0.4, -0.2) is 0 Å². The van der Waals surface area contributed by atoms with E-state index < -0.39 is 34.9 Å². The molecule has 3 aromatic carbocycles. The molecular formula is C22H12F6. The number of hydrogen-bond donors (Lipinski definition) is 0. The molecule has 0 aliphatic rings. The lowest BCUT2D eigenvalue weighted by Gasteiger charge is -2.03. The molecule has 3 rings (SSSR count). The molecule has 0 radical (unpaired) electrons. The van der Waals surface area contributed by atoms with E-state index in [0.717, 1.165) is 72.8 Å². The minimum atomic E-state index is -0.825. The van der Waals surface area contributed by atoms with Crippen molar-refractivity contribution in [3.05, 3.63) is 106 Å². The van der Waals surface area contributed by atoms with Gasteiger partial charge in [-0.05, 0) is 48.5 Å². The van der Waals surface area contributed by atoms with Crippen LogP contribution in [-0.2, 0) is 0 Å². The van der Waals surface area contributed by atoms with E-state index in [1.165, 1.54) is 0 Å². The largest absolute Gasteiger partial charge is 0.207 e. The molecular weight excluding hydrogens is 378 g/mol. The average molecular weight is 390 g/mol. The lowest BCUT2D eigenvalue weighted by Crippen LogP contribution is -1.91. The van der Waals surface area contributed by atoms with E-state index in [4.69, 9.17) is 0 Å². The van der Waals surface area contributed by atoms with E-state index in [1.54, 1.807) is 0 Å². The molecule has 142 valence electrons. The van der Waals surface area contributed by atoms with Crippen molar-refractivity contribution >= 4 is 24.3 Å². The highest BCUT2D eigenvalue weighted by atomic mass is 19.1. The van der Waals surface area contributed by atoms with Gasteiger partial charge < -0.3 is 0 Å². The molecule has 0 nitrogen and oxygen atoms in total. The molecule has 0 aromatic heterocycles. The number of hydrogen-bond acceptors (Lipinski definition) is 0. The summed E-state index contributed by atoms with van der Waals surface area (Å²) in [6, 6.07) is 7.30. The normalized spacial score (nSPS) is 11.6. The lowest BCUT2D eigenvalue weighted by molar-refractivity contribution is 0.595. The van der Waals surface area contributed by atoms with Gasteiger partial charge in [0.25, 0.3) is 0 Å². The third kappa shape index (κ3) is 4.52. The van der Waals surface area contributed by atoms with E-state index in [2.05, 4.69) is 0 Å². The van der Waals surface area contributed by atoms with Gasteiger partial charge >= 0.3 is 0 Å². The Morgan fingerprint density at radius 3 is 1.07 bits per heavy atom. The second kappa shape index (κ2) is 8.17. The van der Waals surface area contributed by atoms with Gasteiger partial charge in [-0.3, -0.25) is 0 Å². The molecule has 6 heteroatoms. The van der Waals surface area contributed by atoms with Gasteiger partial charge in [-0.1, -0.05) is 24.3 Å². The van der Waals surface area contributed by atoms with Gasteiger partial charge in [0.1, 0.15) is 34.9 Å². The fourth-order valence-corrected chi connectivity index (χ4v) is 2.48. The summed E-state index contributed by atoms with van der Waals surface area (Å²) in [6.45, 7) is 0. The molecule has 0 unspecified atom stereocenters. The van der Waals surface area contributed by atoms with Crippen LogP contribution < -0.4 is 0 Å². The maximum atomic E-state index is 14.2. The molecule has 3 aromatic rings. The van der Waals surface area contributed by atoms with Crippen LogP contribution in [0.5, 0.6) is 0 Å². The molecule has 0 heterocycles. The van der Waals surface area contributed by atoms with Crippen LogP contribution in [0, 0.1) is 34.9 Å². The number of halogens is 6. The maximum Gasteiger partial charge on any atom is 0.131 e. The van der Waals surface area contributed by atoms with Crippen LogP contribution in [0.1, 0.15) is 22.3 Å². The Balaban J connectivity index is 1.88. The molecule has 0 aliphatic heterocycles. The minimum Gasteiger partial charge on any atom is -0.207 e. The Labute approximate surface area is 157 Å². The molecule has 0 N–H and O–H groups in total. The number of benzene rings is 3. The maximum absolute atomic E-state index is 14.2. The van der Waals surface area contributed by atoms with Gasteiger partial charge in [-0.25, -0.2) is 26.3 Å². The minimum absolute atomic E-state index is 0.120. The third-order valence-electron chi connectivity index (χ3n) is 3.92. The van der Waals surface area contributed by atoms with Gasteiger partial charge in [0.2, 0.25) is 0 Å². The van der Waals surface area contributed by atoms with Crippen molar-refractivity contribution in [1.29, 1.82) is 0 Å².